The zero-order valence-electron chi connectivity index (χ0n) is 17.2. The Morgan fingerprint density at radius 3 is 2.39 bits per heavy atom. The molecule has 1 N–H and O–H groups in total. The van der Waals surface area contributed by atoms with Crippen LogP contribution in [0.15, 0.2) is 64.2 Å². The van der Waals surface area contributed by atoms with Gasteiger partial charge in [-0.05, 0) is 42.5 Å². The Morgan fingerprint density at radius 2 is 1.68 bits per heavy atom. The summed E-state index contributed by atoms with van der Waals surface area (Å²) in [4.78, 5) is 38.1. The summed E-state index contributed by atoms with van der Waals surface area (Å²) in [7, 11) is 4.67. The van der Waals surface area contributed by atoms with Gasteiger partial charge in [0.25, 0.3) is 5.56 Å². The highest BCUT2D eigenvalue weighted by Crippen LogP contribution is 2.32. The van der Waals surface area contributed by atoms with Crippen LogP contribution in [-0.2, 0) is 14.1 Å². The highest BCUT2D eigenvalue weighted by Gasteiger charge is 2.19. The largest absolute Gasteiger partial charge is 0.497 e. The number of H-pyrrole nitrogens is 1. The van der Waals surface area contributed by atoms with Gasteiger partial charge in [-0.2, -0.15) is 0 Å². The number of ether oxygens (including phenoxy) is 1. The van der Waals surface area contributed by atoms with Crippen LogP contribution >= 0.6 is 0 Å². The molecular weight excluding hydrogens is 394 g/mol. The Kier molecular flexibility index (Phi) is 4.21. The monoisotopic (exact) mass is 413 g/mol. The maximum atomic E-state index is 12.9. The lowest BCUT2D eigenvalue weighted by Crippen LogP contribution is -2.37. The molecule has 2 aromatic carbocycles. The number of imidazole rings is 1. The lowest BCUT2D eigenvalue weighted by Gasteiger charge is -2.12. The highest BCUT2D eigenvalue weighted by molar-refractivity contribution is 5.90. The molecule has 0 spiro atoms. The molecule has 8 heteroatoms. The number of hydrogen-bond donors (Lipinski definition) is 1. The van der Waals surface area contributed by atoms with Crippen molar-refractivity contribution in [2.24, 2.45) is 14.1 Å². The number of methoxy groups -OCH3 is 1. The van der Waals surface area contributed by atoms with E-state index in [4.69, 9.17) is 14.7 Å². The summed E-state index contributed by atoms with van der Waals surface area (Å²) < 4.78 is 7.73. The van der Waals surface area contributed by atoms with Gasteiger partial charge in [-0.15, -0.1) is 0 Å². The van der Waals surface area contributed by atoms with Crippen LogP contribution in [0, 0.1) is 0 Å². The van der Waals surface area contributed by atoms with E-state index in [1.54, 1.807) is 20.2 Å². The number of hydrogen-bond acceptors (Lipinski definition) is 5. The van der Waals surface area contributed by atoms with Crippen molar-refractivity contribution >= 4 is 22.1 Å². The predicted octanol–water partition coefficient (Wildman–Crippen LogP) is 2.85. The van der Waals surface area contributed by atoms with Crippen molar-refractivity contribution in [1.29, 1.82) is 0 Å². The van der Waals surface area contributed by atoms with Gasteiger partial charge in [0, 0.05) is 25.2 Å². The number of benzene rings is 2. The Morgan fingerprint density at radius 1 is 0.935 bits per heavy atom. The maximum absolute atomic E-state index is 12.9. The van der Waals surface area contributed by atoms with Gasteiger partial charge < -0.3 is 9.72 Å². The summed E-state index contributed by atoms with van der Waals surface area (Å²) in [5.74, 6) is 1.31. The van der Waals surface area contributed by atoms with E-state index in [-0.39, 0.29) is 0 Å². The Bertz CT molecular complexity index is 1540. The first kappa shape index (κ1) is 18.8. The van der Waals surface area contributed by atoms with Crippen LogP contribution in [0.1, 0.15) is 0 Å². The molecule has 31 heavy (non-hydrogen) atoms. The summed E-state index contributed by atoms with van der Waals surface area (Å²) in [6, 6.07) is 16.9. The summed E-state index contributed by atoms with van der Waals surface area (Å²) in [5, 5.41) is 0.345. The molecule has 5 rings (SSSR count). The van der Waals surface area contributed by atoms with Crippen molar-refractivity contribution in [3.05, 3.63) is 75.4 Å². The molecule has 0 unspecified atom stereocenters. The Balaban J connectivity index is 1.88. The molecule has 0 saturated carbocycles. The van der Waals surface area contributed by atoms with E-state index in [1.165, 1.54) is 11.6 Å². The van der Waals surface area contributed by atoms with Gasteiger partial charge in [0.15, 0.2) is 0 Å². The third kappa shape index (κ3) is 2.92. The van der Waals surface area contributed by atoms with E-state index < -0.39 is 11.2 Å². The van der Waals surface area contributed by atoms with Crippen molar-refractivity contribution in [3.63, 3.8) is 0 Å². The van der Waals surface area contributed by atoms with Crippen molar-refractivity contribution in [2.75, 3.05) is 7.11 Å². The number of nitrogens with one attached hydrogen (secondary N) is 1. The van der Waals surface area contributed by atoms with Crippen LogP contribution in [-0.4, -0.2) is 31.2 Å². The molecule has 3 heterocycles. The number of fused-ring (bicyclic) bond motifs is 2. The van der Waals surface area contributed by atoms with Gasteiger partial charge in [0.1, 0.15) is 17.2 Å². The van der Waals surface area contributed by atoms with Crippen LogP contribution < -0.4 is 16.0 Å². The van der Waals surface area contributed by atoms with Crippen molar-refractivity contribution in [3.8, 4) is 28.4 Å². The second-order valence-corrected chi connectivity index (χ2v) is 7.29. The molecule has 5 aromatic rings. The summed E-state index contributed by atoms with van der Waals surface area (Å²) >= 11 is 0. The van der Waals surface area contributed by atoms with Crippen molar-refractivity contribution < 1.29 is 4.74 Å². The first-order chi connectivity index (χ1) is 15.0. The summed E-state index contributed by atoms with van der Waals surface area (Å²) in [6.45, 7) is 0. The van der Waals surface area contributed by atoms with Crippen molar-refractivity contribution in [2.45, 2.75) is 0 Å². The molecular formula is C23H19N5O3. The van der Waals surface area contributed by atoms with Crippen LogP contribution in [0.25, 0.3) is 44.7 Å². The third-order valence-electron chi connectivity index (χ3n) is 5.44. The van der Waals surface area contributed by atoms with E-state index in [2.05, 4.69) is 4.98 Å². The zero-order chi connectivity index (χ0) is 21.7. The normalized spacial score (nSPS) is 11.3. The van der Waals surface area contributed by atoms with E-state index in [0.717, 1.165) is 26.9 Å². The first-order valence-corrected chi connectivity index (χ1v) is 9.68. The fraction of sp³-hybridized carbons (Fsp3) is 0.130. The van der Waals surface area contributed by atoms with Gasteiger partial charge in [-0.1, -0.05) is 12.1 Å². The number of aromatic amines is 1. The van der Waals surface area contributed by atoms with Crippen molar-refractivity contribution in [1.82, 2.24) is 24.1 Å². The minimum Gasteiger partial charge on any atom is -0.497 e. The maximum Gasteiger partial charge on any atom is 0.332 e. The lowest BCUT2D eigenvalue weighted by molar-refractivity contribution is 0.415. The molecule has 0 bridgehead atoms. The highest BCUT2D eigenvalue weighted by atomic mass is 16.5. The number of aryl methyl sites for hydroxylation is 1. The zero-order valence-corrected chi connectivity index (χ0v) is 17.2. The minimum absolute atomic E-state index is 0.318. The van der Waals surface area contributed by atoms with E-state index in [9.17, 15) is 9.59 Å². The van der Waals surface area contributed by atoms with E-state index >= 15 is 0 Å². The second kappa shape index (κ2) is 6.94. The summed E-state index contributed by atoms with van der Waals surface area (Å²) in [6.07, 6.45) is 0. The SMILES string of the molecule is COc1ccc(-c2nc3c(cc2-c2nc4ccccc4[nH]2)c(=O)n(C)c(=O)n3C)cc1. The number of rotatable bonds is 3. The van der Waals surface area contributed by atoms with Gasteiger partial charge in [-0.25, -0.2) is 14.8 Å². The fourth-order valence-electron chi connectivity index (χ4n) is 3.73. The average Bonchev–Trinajstić information content (AvgIpc) is 3.25. The molecule has 0 amide bonds. The van der Waals surface area contributed by atoms with E-state index in [0.29, 0.717) is 28.1 Å². The molecule has 0 aliphatic rings. The lowest BCUT2D eigenvalue weighted by atomic mass is 10.0. The molecule has 0 aliphatic heterocycles. The van der Waals surface area contributed by atoms with Crippen LogP contribution in [0.2, 0.25) is 0 Å². The molecule has 154 valence electrons. The molecule has 0 atom stereocenters. The fourth-order valence-corrected chi connectivity index (χ4v) is 3.73. The minimum atomic E-state index is -0.429. The smallest absolute Gasteiger partial charge is 0.332 e. The number of nitrogens with zero attached hydrogens (tertiary/aromatic N) is 4. The molecule has 0 fully saturated rings. The predicted molar refractivity (Wildman–Crippen MR) is 119 cm³/mol. The van der Waals surface area contributed by atoms with Crippen LogP contribution in [0.5, 0.6) is 5.75 Å². The average molecular weight is 413 g/mol. The summed E-state index contributed by atoms with van der Waals surface area (Å²) in [5.41, 5.74) is 3.27. The Hall–Kier alpha value is -4.20. The topological polar surface area (TPSA) is 94.8 Å². The molecule has 8 nitrogen and oxygen atoms in total. The van der Waals surface area contributed by atoms with Crippen LogP contribution in [0.3, 0.4) is 0 Å². The molecule has 3 aromatic heterocycles. The molecule has 0 aliphatic carbocycles. The molecule has 0 radical (unpaired) electrons. The second-order valence-electron chi connectivity index (χ2n) is 7.29. The quantitative estimate of drug-likeness (QED) is 0.491. The first-order valence-electron chi connectivity index (χ1n) is 9.68. The Labute approximate surface area is 176 Å². The van der Waals surface area contributed by atoms with Crippen LogP contribution in [0.4, 0.5) is 0 Å². The molecule has 0 saturated heterocycles. The van der Waals surface area contributed by atoms with Gasteiger partial charge in [0.2, 0.25) is 0 Å². The van der Waals surface area contributed by atoms with Gasteiger partial charge >= 0.3 is 5.69 Å². The number of pyridine rings is 1. The third-order valence-corrected chi connectivity index (χ3v) is 5.44. The van der Waals surface area contributed by atoms with Gasteiger partial charge in [0.05, 0.1) is 29.2 Å². The van der Waals surface area contributed by atoms with E-state index in [1.807, 2.05) is 48.5 Å². The van der Waals surface area contributed by atoms with Gasteiger partial charge in [-0.3, -0.25) is 13.9 Å². The number of aromatic nitrogens is 5. The standard InChI is InChI=1S/C23H19N5O3/c1-27-21-16(22(29)28(2)23(27)30)12-15(20-24-17-6-4-5-7-18(17)25-20)19(26-21)13-8-10-14(31-3)11-9-13/h4-12H,1-3H3,(H,24,25). The number of para-hydroxylation sites is 2.